The third-order valence-electron chi connectivity index (χ3n) is 5.72. The van der Waals surface area contributed by atoms with E-state index >= 15 is 0 Å². The molecule has 32 heavy (non-hydrogen) atoms. The molecule has 0 spiro atoms. The highest BCUT2D eigenvalue weighted by molar-refractivity contribution is 5.72. The van der Waals surface area contributed by atoms with Gasteiger partial charge in [-0.1, -0.05) is 115 Å². The molecule has 0 saturated heterocycles. The van der Waals surface area contributed by atoms with Gasteiger partial charge in [-0.25, -0.2) is 15.6 Å². The number of H-pyrrole nitrogens is 1. The van der Waals surface area contributed by atoms with Crippen molar-refractivity contribution < 1.29 is 9.90 Å². The predicted molar refractivity (Wildman–Crippen MR) is 132 cm³/mol. The highest BCUT2D eigenvalue weighted by Crippen LogP contribution is 2.13. The SMILES string of the molecule is CCCCCCCCCCCCCCCCCCN(N)C(=O)O.c1ccc2n[nH]nc2c1. The van der Waals surface area contributed by atoms with Gasteiger partial charge >= 0.3 is 6.09 Å². The molecule has 0 bridgehead atoms. The summed E-state index contributed by atoms with van der Waals surface area (Å²) < 4.78 is 0. The van der Waals surface area contributed by atoms with Gasteiger partial charge in [-0.3, -0.25) is 0 Å². The number of hydrogen-bond donors (Lipinski definition) is 3. The number of nitrogens with two attached hydrogens (primary N) is 1. The average Bonchev–Trinajstić information content (AvgIpc) is 3.28. The summed E-state index contributed by atoms with van der Waals surface area (Å²) in [5, 5.41) is 19.8. The molecule has 4 N–H and O–H groups in total. The molecule has 2 aromatic rings. The Bertz CT molecular complexity index is 662. The van der Waals surface area contributed by atoms with Gasteiger partial charge in [0.05, 0.1) is 0 Å². The number of para-hydroxylation sites is 2. The summed E-state index contributed by atoms with van der Waals surface area (Å²) >= 11 is 0. The van der Waals surface area contributed by atoms with Gasteiger partial charge in [0.1, 0.15) is 11.0 Å². The van der Waals surface area contributed by atoms with E-state index in [1.54, 1.807) is 0 Å². The van der Waals surface area contributed by atoms with E-state index in [9.17, 15) is 4.79 Å². The van der Waals surface area contributed by atoms with Crippen LogP contribution in [0.3, 0.4) is 0 Å². The number of aromatic nitrogens is 3. The summed E-state index contributed by atoms with van der Waals surface area (Å²) in [4.78, 5) is 10.5. The Morgan fingerprint density at radius 2 is 1.16 bits per heavy atom. The van der Waals surface area contributed by atoms with Crippen molar-refractivity contribution in [2.24, 2.45) is 5.84 Å². The van der Waals surface area contributed by atoms with Crippen LogP contribution in [0, 0.1) is 0 Å². The summed E-state index contributed by atoms with van der Waals surface area (Å²) in [6, 6.07) is 7.70. The first kappa shape index (κ1) is 27.9. The minimum Gasteiger partial charge on any atom is -0.464 e. The van der Waals surface area contributed by atoms with Crippen molar-refractivity contribution >= 4 is 17.1 Å². The van der Waals surface area contributed by atoms with Gasteiger partial charge in [0, 0.05) is 6.54 Å². The van der Waals surface area contributed by atoms with Crippen LogP contribution in [-0.2, 0) is 0 Å². The van der Waals surface area contributed by atoms with Gasteiger partial charge in [0.2, 0.25) is 0 Å². The van der Waals surface area contributed by atoms with Gasteiger partial charge < -0.3 is 5.11 Å². The fraction of sp³-hybridized carbons (Fsp3) is 0.720. The standard InChI is InChI=1S/C19H40N2O2.C6H5N3/c1-2-3-4-5-6-7-8-9-10-11-12-13-14-15-16-17-18-21(20)19(22)23;1-2-4-6-5(3-1)7-9-8-6/h2-18,20H2,1H3,(H,22,23);1-4H,(H,7,8,9). The van der Waals surface area contributed by atoms with E-state index < -0.39 is 6.09 Å². The minimum absolute atomic E-state index is 0.452. The lowest BCUT2D eigenvalue weighted by Gasteiger charge is -2.11. The first-order valence-electron chi connectivity index (χ1n) is 12.7. The van der Waals surface area contributed by atoms with E-state index in [1.165, 1.54) is 89.9 Å². The van der Waals surface area contributed by atoms with E-state index in [0.717, 1.165) is 28.9 Å². The third-order valence-corrected chi connectivity index (χ3v) is 5.72. The van der Waals surface area contributed by atoms with Gasteiger partial charge in [-0.15, -0.1) is 0 Å². The molecule has 0 saturated carbocycles. The Labute approximate surface area is 194 Å². The maximum atomic E-state index is 10.5. The number of carbonyl (C=O) groups is 1. The lowest BCUT2D eigenvalue weighted by Crippen LogP contribution is -2.36. The lowest BCUT2D eigenvalue weighted by molar-refractivity contribution is 0.145. The van der Waals surface area contributed by atoms with Crippen LogP contribution in [0.25, 0.3) is 11.0 Å². The topological polar surface area (TPSA) is 108 Å². The number of aromatic amines is 1. The molecule has 1 aromatic heterocycles. The fourth-order valence-corrected chi connectivity index (χ4v) is 3.71. The first-order chi connectivity index (χ1) is 15.6. The molecule has 0 unspecified atom stereocenters. The maximum absolute atomic E-state index is 10.5. The fourth-order valence-electron chi connectivity index (χ4n) is 3.71. The number of unbranched alkanes of at least 4 members (excludes halogenated alkanes) is 15. The number of carboxylic acid groups (broad SMARTS) is 1. The quantitative estimate of drug-likeness (QED) is 0.104. The van der Waals surface area contributed by atoms with Crippen LogP contribution >= 0.6 is 0 Å². The monoisotopic (exact) mass is 447 g/mol. The largest absolute Gasteiger partial charge is 0.464 e. The minimum atomic E-state index is -1.04. The van der Waals surface area contributed by atoms with Crippen LogP contribution in [0.2, 0.25) is 0 Å². The molecule has 2 rings (SSSR count). The van der Waals surface area contributed by atoms with Gasteiger partial charge in [-0.2, -0.15) is 15.4 Å². The molecule has 1 amide bonds. The molecule has 0 fully saturated rings. The maximum Gasteiger partial charge on any atom is 0.421 e. The Morgan fingerprint density at radius 1 is 0.781 bits per heavy atom. The number of amides is 1. The number of benzene rings is 1. The van der Waals surface area contributed by atoms with Crippen LogP contribution in [0.15, 0.2) is 24.3 Å². The van der Waals surface area contributed by atoms with Gasteiger partial charge in [0.25, 0.3) is 0 Å². The highest BCUT2D eigenvalue weighted by atomic mass is 16.4. The number of hydrazine groups is 1. The van der Waals surface area contributed by atoms with Crippen molar-refractivity contribution in [2.75, 3.05) is 6.54 Å². The summed E-state index contributed by atoms with van der Waals surface area (Å²) in [5.41, 5.74) is 1.83. The molecule has 1 aromatic carbocycles. The number of fused-ring (bicyclic) bond motifs is 1. The molecule has 0 atom stereocenters. The molecule has 0 aliphatic rings. The van der Waals surface area contributed by atoms with E-state index in [1.807, 2.05) is 24.3 Å². The van der Waals surface area contributed by atoms with Gasteiger partial charge in [0.15, 0.2) is 0 Å². The van der Waals surface area contributed by atoms with Crippen molar-refractivity contribution in [3.05, 3.63) is 24.3 Å². The van der Waals surface area contributed by atoms with Crippen molar-refractivity contribution in [2.45, 2.75) is 110 Å². The molecule has 1 heterocycles. The van der Waals surface area contributed by atoms with Crippen LogP contribution in [0.1, 0.15) is 110 Å². The molecular weight excluding hydrogens is 402 g/mol. The molecule has 7 nitrogen and oxygen atoms in total. The molecule has 0 aliphatic heterocycles. The third kappa shape index (κ3) is 14.8. The molecule has 0 radical (unpaired) electrons. The molecule has 7 heteroatoms. The van der Waals surface area contributed by atoms with Crippen molar-refractivity contribution in [1.29, 1.82) is 0 Å². The molecule has 182 valence electrons. The van der Waals surface area contributed by atoms with E-state index in [2.05, 4.69) is 22.3 Å². The zero-order chi connectivity index (χ0) is 23.3. The molecule has 0 aliphatic carbocycles. The van der Waals surface area contributed by atoms with Crippen LogP contribution in [0.4, 0.5) is 4.79 Å². The van der Waals surface area contributed by atoms with E-state index in [-0.39, 0.29) is 0 Å². The zero-order valence-electron chi connectivity index (χ0n) is 20.1. The number of hydrogen-bond acceptors (Lipinski definition) is 4. The molecular formula is C25H45N5O2. The normalized spacial score (nSPS) is 10.7. The van der Waals surface area contributed by atoms with E-state index in [0.29, 0.717) is 6.54 Å². The Hall–Kier alpha value is -2.15. The average molecular weight is 448 g/mol. The van der Waals surface area contributed by atoms with Gasteiger partial charge in [-0.05, 0) is 18.6 Å². The second-order valence-corrected chi connectivity index (χ2v) is 8.59. The first-order valence-corrected chi connectivity index (χ1v) is 12.7. The Balaban J connectivity index is 0.000000461. The predicted octanol–water partition coefficient (Wildman–Crippen LogP) is 7.06. The van der Waals surface area contributed by atoms with Crippen LogP contribution in [0.5, 0.6) is 0 Å². The summed E-state index contributed by atoms with van der Waals surface area (Å²) in [6.07, 6.45) is 20.2. The lowest BCUT2D eigenvalue weighted by atomic mass is 10.0. The second kappa shape index (κ2) is 19.5. The number of nitrogens with one attached hydrogen (secondary N) is 1. The zero-order valence-corrected chi connectivity index (χ0v) is 20.1. The number of rotatable bonds is 17. The van der Waals surface area contributed by atoms with E-state index in [4.69, 9.17) is 10.9 Å². The summed E-state index contributed by atoms with van der Waals surface area (Å²) in [5.74, 6) is 5.31. The highest BCUT2D eigenvalue weighted by Gasteiger charge is 2.04. The van der Waals surface area contributed by atoms with Crippen LogP contribution < -0.4 is 5.84 Å². The van der Waals surface area contributed by atoms with Crippen molar-refractivity contribution in [3.8, 4) is 0 Å². The Morgan fingerprint density at radius 3 is 1.53 bits per heavy atom. The summed E-state index contributed by atoms with van der Waals surface area (Å²) in [7, 11) is 0. The number of nitrogens with zero attached hydrogens (tertiary/aromatic N) is 3. The van der Waals surface area contributed by atoms with Crippen molar-refractivity contribution in [1.82, 2.24) is 20.4 Å². The second-order valence-electron chi connectivity index (χ2n) is 8.59. The smallest absolute Gasteiger partial charge is 0.421 e. The van der Waals surface area contributed by atoms with Crippen LogP contribution in [-0.4, -0.2) is 38.2 Å². The Kier molecular flexibility index (Phi) is 17.0. The van der Waals surface area contributed by atoms with Crippen molar-refractivity contribution in [3.63, 3.8) is 0 Å². The summed E-state index contributed by atoms with van der Waals surface area (Å²) in [6.45, 7) is 2.72.